The molecule has 6 nitrogen and oxygen atoms in total. The molecule has 1 aliphatic rings. The van der Waals surface area contributed by atoms with Gasteiger partial charge in [0.15, 0.2) is 0 Å². The summed E-state index contributed by atoms with van der Waals surface area (Å²) < 4.78 is 0. The summed E-state index contributed by atoms with van der Waals surface area (Å²) in [7, 11) is 1.56. The third kappa shape index (κ3) is 4.68. The lowest BCUT2D eigenvalue weighted by molar-refractivity contribution is -0.133. The van der Waals surface area contributed by atoms with Gasteiger partial charge in [0.2, 0.25) is 17.7 Å². The van der Waals surface area contributed by atoms with Gasteiger partial charge in [-0.05, 0) is 31.2 Å². The van der Waals surface area contributed by atoms with Gasteiger partial charge in [0.25, 0.3) is 0 Å². The van der Waals surface area contributed by atoms with E-state index in [0.29, 0.717) is 11.4 Å². The molecule has 0 spiro atoms. The Hall–Kier alpha value is -2.80. The summed E-state index contributed by atoms with van der Waals surface area (Å²) in [5.41, 5.74) is 2.53. The fourth-order valence-electron chi connectivity index (χ4n) is 2.72. The van der Waals surface area contributed by atoms with Crippen molar-refractivity contribution in [2.24, 2.45) is 0 Å². The highest BCUT2D eigenvalue weighted by molar-refractivity contribution is 8.00. The second-order valence-corrected chi connectivity index (χ2v) is 7.42. The third-order valence-corrected chi connectivity index (χ3v) is 5.29. The van der Waals surface area contributed by atoms with Crippen molar-refractivity contribution in [1.82, 2.24) is 4.90 Å². The molecule has 1 heterocycles. The first-order valence-electron chi connectivity index (χ1n) is 8.57. The highest BCUT2D eigenvalue weighted by atomic mass is 32.2. The molecule has 2 aromatic rings. The molecule has 7 heteroatoms. The molecular weight excluding hydrogens is 362 g/mol. The first-order chi connectivity index (χ1) is 12.9. The molecule has 0 unspecified atom stereocenters. The molecule has 27 heavy (non-hydrogen) atoms. The second-order valence-electron chi connectivity index (χ2n) is 6.40. The number of carbonyl (C=O) groups is 3. The molecule has 0 aliphatic carbocycles. The molecular formula is C20H21N3O3S. The van der Waals surface area contributed by atoms with E-state index in [0.717, 1.165) is 16.1 Å². The van der Waals surface area contributed by atoms with Crippen molar-refractivity contribution in [1.29, 1.82) is 0 Å². The first-order valence-corrected chi connectivity index (χ1v) is 9.55. The summed E-state index contributed by atoms with van der Waals surface area (Å²) >= 11 is 1.47. The van der Waals surface area contributed by atoms with Crippen LogP contribution >= 0.6 is 11.8 Å². The van der Waals surface area contributed by atoms with Crippen LogP contribution in [0.4, 0.5) is 11.4 Å². The zero-order chi connectivity index (χ0) is 19.4. The number of benzene rings is 2. The van der Waals surface area contributed by atoms with Crippen LogP contribution in [0.1, 0.15) is 5.56 Å². The van der Waals surface area contributed by atoms with E-state index >= 15 is 0 Å². The van der Waals surface area contributed by atoms with Crippen molar-refractivity contribution >= 4 is 40.9 Å². The minimum absolute atomic E-state index is 0.0782. The van der Waals surface area contributed by atoms with Crippen LogP contribution in [0, 0.1) is 6.92 Å². The molecule has 0 saturated carbocycles. The Balaban J connectivity index is 1.60. The zero-order valence-electron chi connectivity index (χ0n) is 15.3. The van der Waals surface area contributed by atoms with Crippen molar-refractivity contribution < 1.29 is 14.4 Å². The van der Waals surface area contributed by atoms with Gasteiger partial charge in [-0.25, -0.2) is 0 Å². The van der Waals surface area contributed by atoms with Crippen molar-refractivity contribution in [2.75, 3.05) is 36.1 Å². The van der Waals surface area contributed by atoms with Gasteiger partial charge in [-0.3, -0.25) is 14.4 Å². The number of rotatable bonds is 5. The van der Waals surface area contributed by atoms with Crippen molar-refractivity contribution in [3.63, 3.8) is 0 Å². The van der Waals surface area contributed by atoms with Crippen LogP contribution in [0.15, 0.2) is 53.4 Å². The lowest BCUT2D eigenvalue weighted by atomic mass is 10.2. The average molecular weight is 383 g/mol. The molecule has 1 aliphatic heterocycles. The molecule has 0 radical (unpaired) electrons. The summed E-state index contributed by atoms with van der Waals surface area (Å²) in [6.45, 7) is 1.81. The predicted octanol–water partition coefficient (Wildman–Crippen LogP) is 2.53. The van der Waals surface area contributed by atoms with Gasteiger partial charge in [0.1, 0.15) is 6.54 Å². The van der Waals surface area contributed by atoms with E-state index in [4.69, 9.17) is 0 Å². The quantitative estimate of drug-likeness (QED) is 0.861. The number of hydrogen-bond acceptors (Lipinski definition) is 4. The number of hydrogen-bond donors (Lipinski definition) is 1. The molecule has 0 saturated heterocycles. The summed E-state index contributed by atoms with van der Waals surface area (Å²) in [4.78, 5) is 40.8. The van der Waals surface area contributed by atoms with Gasteiger partial charge in [-0.15, -0.1) is 11.8 Å². The van der Waals surface area contributed by atoms with Gasteiger partial charge < -0.3 is 15.1 Å². The molecule has 0 atom stereocenters. The fourth-order valence-corrected chi connectivity index (χ4v) is 3.66. The minimum Gasteiger partial charge on any atom is -0.335 e. The van der Waals surface area contributed by atoms with Crippen LogP contribution < -0.4 is 10.2 Å². The molecule has 3 amide bonds. The SMILES string of the molecule is Cc1ccc(NC(=O)CN(C)C(=O)CN2C(=O)CSc3ccccc32)cc1. The molecule has 0 fully saturated rings. The van der Waals surface area contributed by atoms with Crippen LogP contribution in [0.3, 0.4) is 0 Å². The number of nitrogens with zero attached hydrogens (tertiary/aromatic N) is 2. The zero-order valence-corrected chi connectivity index (χ0v) is 16.1. The second kappa shape index (κ2) is 8.26. The molecule has 0 bridgehead atoms. The van der Waals surface area contributed by atoms with Crippen LogP contribution in [-0.4, -0.2) is 48.5 Å². The minimum atomic E-state index is -0.288. The highest BCUT2D eigenvalue weighted by Gasteiger charge is 2.27. The van der Waals surface area contributed by atoms with E-state index in [1.807, 2.05) is 55.5 Å². The molecule has 0 aromatic heterocycles. The van der Waals surface area contributed by atoms with Crippen LogP contribution in [-0.2, 0) is 14.4 Å². The van der Waals surface area contributed by atoms with E-state index in [1.54, 1.807) is 7.05 Å². The Morgan fingerprint density at radius 3 is 2.59 bits per heavy atom. The normalized spacial score (nSPS) is 13.1. The number of carbonyl (C=O) groups excluding carboxylic acids is 3. The van der Waals surface area contributed by atoms with Crippen LogP contribution in [0.2, 0.25) is 0 Å². The maximum absolute atomic E-state index is 12.5. The largest absolute Gasteiger partial charge is 0.335 e. The summed E-state index contributed by atoms with van der Waals surface area (Å²) in [5, 5.41) is 2.77. The lowest BCUT2D eigenvalue weighted by Crippen LogP contribution is -2.45. The first kappa shape index (κ1) is 19.0. The molecule has 140 valence electrons. The standard InChI is InChI=1S/C20H21N3O3S/c1-14-7-9-15(10-8-14)21-18(24)11-22(2)19(25)12-23-16-5-3-4-6-17(16)27-13-20(23)26/h3-10H,11-13H2,1-2H3,(H,21,24). The van der Waals surface area contributed by atoms with Gasteiger partial charge in [0.05, 0.1) is 18.0 Å². The van der Waals surface area contributed by atoms with E-state index in [1.165, 1.54) is 21.6 Å². The van der Waals surface area contributed by atoms with Gasteiger partial charge in [-0.2, -0.15) is 0 Å². The molecule has 1 N–H and O–H groups in total. The van der Waals surface area contributed by atoms with E-state index in [-0.39, 0.29) is 30.8 Å². The van der Waals surface area contributed by atoms with E-state index in [2.05, 4.69) is 5.32 Å². The monoisotopic (exact) mass is 383 g/mol. The fraction of sp³-hybridized carbons (Fsp3) is 0.250. The Bertz CT molecular complexity index is 867. The topological polar surface area (TPSA) is 69.7 Å². The van der Waals surface area contributed by atoms with Crippen LogP contribution in [0.25, 0.3) is 0 Å². The smallest absolute Gasteiger partial charge is 0.243 e. The number of likely N-dealkylation sites (N-methyl/N-ethyl adjacent to an activating group) is 1. The Morgan fingerprint density at radius 2 is 1.85 bits per heavy atom. The molecule has 2 aromatic carbocycles. The Morgan fingerprint density at radius 1 is 1.15 bits per heavy atom. The number of anilines is 2. The predicted molar refractivity (Wildman–Crippen MR) is 107 cm³/mol. The van der Waals surface area contributed by atoms with Crippen molar-refractivity contribution in [3.05, 3.63) is 54.1 Å². The number of nitrogens with one attached hydrogen (secondary N) is 1. The summed E-state index contributed by atoms with van der Waals surface area (Å²) in [6, 6.07) is 15.0. The van der Waals surface area contributed by atoms with E-state index < -0.39 is 0 Å². The van der Waals surface area contributed by atoms with Gasteiger partial charge in [-0.1, -0.05) is 29.8 Å². The van der Waals surface area contributed by atoms with Crippen molar-refractivity contribution in [2.45, 2.75) is 11.8 Å². The maximum Gasteiger partial charge on any atom is 0.243 e. The summed E-state index contributed by atoms with van der Waals surface area (Å²) in [6.07, 6.45) is 0. The average Bonchev–Trinajstić information content (AvgIpc) is 2.65. The third-order valence-electron chi connectivity index (χ3n) is 4.24. The number of para-hydroxylation sites is 1. The lowest BCUT2D eigenvalue weighted by Gasteiger charge is -2.29. The van der Waals surface area contributed by atoms with Gasteiger partial charge >= 0.3 is 0 Å². The maximum atomic E-state index is 12.5. The highest BCUT2D eigenvalue weighted by Crippen LogP contribution is 2.34. The number of fused-ring (bicyclic) bond motifs is 1. The number of aryl methyl sites for hydroxylation is 1. The van der Waals surface area contributed by atoms with Crippen LogP contribution in [0.5, 0.6) is 0 Å². The number of thioether (sulfide) groups is 1. The molecule has 3 rings (SSSR count). The Labute approximate surface area is 162 Å². The summed E-state index contributed by atoms with van der Waals surface area (Å²) in [5.74, 6) is -0.369. The van der Waals surface area contributed by atoms with Gasteiger partial charge in [0, 0.05) is 17.6 Å². The number of amides is 3. The Kier molecular flexibility index (Phi) is 5.81. The van der Waals surface area contributed by atoms with E-state index in [9.17, 15) is 14.4 Å². The van der Waals surface area contributed by atoms with Crippen molar-refractivity contribution in [3.8, 4) is 0 Å².